The summed E-state index contributed by atoms with van der Waals surface area (Å²) in [6, 6.07) is 7.78. The predicted molar refractivity (Wildman–Crippen MR) is 90.4 cm³/mol. The molecular weight excluding hydrogens is 276 g/mol. The van der Waals surface area contributed by atoms with Crippen LogP contribution in [0.3, 0.4) is 0 Å². The first-order valence-electron chi connectivity index (χ1n) is 8.44. The highest BCUT2D eigenvalue weighted by Crippen LogP contribution is 2.19. The Morgan fingerprint density at radius 2 is 2.05 bits per heavy atom. The summed E-state index contributed by atoms with van der Waals surface area (Å²) in [5, 5.41) is 5.95. The third-order valence-corrected chi connectivity index (χ3v) is 4.00. The fourth-order valence-electron chi connectivity index (χ4n) is 2.68. The highest BCUT2D eigenvalue weighted by molar-refractivity contribution is 5.89. The molecule has 0 radical (unpaired) electrons. The van der Waals surface area contributed by atoms with Gasteiger partial charge < -0.3 is 15.4 Å². The second-order valence-electron chi connectivity index (χ2n) is 6.49. The van der Waals surface area contributed by atoms with Gasteiger partial charge in [-0.05, 0) is 37.3 Å². The first kappa shape index (κ1) is 16.7. The average Bonchev–Trinajstić information content (AvgIpc) is 2.48. The largest absolute Gasteiger partial charge is 0.494 e. The number of ether oxygens (including phenoxy) is 1. The summed E-state index contributed by atoms with van der Waals surface area (Å²) in [6.07, 6.45) is 6.92. The Hall–Kier alpha value is -1.71. The van der Waals surface area contributed by atoms with Crippen LogP contribution in [0.2, 0.25) is 0 Å². The quantitative estimate of drug-likeness (QED) is 0.809. The number of hydrogen-bond acceptors (Lipinski definition) is 2. The standard InChI is InChI=1S/C18H28N2O2/c1-14(2)11-12-22-17-10-6-9-16(13-17)20-18(21)19-15-7-4-3-5-8-15/h6,9-10,13-15H,3-5,7-8,11-12H2,1-2H3,(H2,19,20,21). The molecule has 2 rings (SSSR count). The Kier molecular flexibility index (Phi) is 6.56. The molecule has 4 heteroatoms. The van der Waals surface area contributed by atoms with E-state index in [-0.39, 0.29) is 6.03 Å². The van der Waals surface area contributed by atoms with E-state index in [2.05, 4.69) is 24.5 Å². The summed E-state index contributed by atoms with van der Waals surface area (Å²) in [4.78, 5) is 12.0. The van der Waals surface area contributed by atoms with E-state index >= 15 is 0 Å². The molecule has 1 aliphatic rings. The number of benzene rings is 1. The van der Waals surface area contributed by atoms with Crippen molar-refractivity contribution in [3.63, 3.8) is 0 Å². The minimum absolute atomic E-state index is 0.119. The van der Waals surface area contributed by atoms with Crippen molar-refractivity contribution in [3.8, 4) is 5.75 Å². The van der Waals surface area contributed by atoms with Gasteiger partial charge in [-0.2, -0.15) is 0 Å². The summed E-state index contributed by atoms with van der Waals surface area (Å²) in [6.45, 7) is 5.06. The van der Waals surface area contributed by atoms with E-state index < -0.39 is 0 Å². The summed E-state index contributed by atoms with van der Waals surface area (Å²) in [5.74, 6) is 1.43. The van der Waals surface area contributed by atoms with Gasteiger partial charge in [0.1, 0.15) is 5.75 Å². The molecule has 0 saturated heterocycles. The second-order valence-corrected chi connectivity index (χ2v) is 6.49. The molecule has 1 aromatic carbocycles. The molecule has 0 bridgehead atoms. The van der Waals surface area contributed by atoms with Gasteiger partial charge in [-0.1, -0.05) is 39.2 Å². The van der Waals surface area contributed by atoms with Crippen LogP contribution in [0.15, 0.2) is 24.3 Å². The van der Waals surface area contributed by atoms with Gasteiger partial charge in [0, 0.05) is 17.8 Å². The summed E-state index contributed by atoms with van der Waals surface area (Å²) >= 11 is 0. The van der Waals surface area contributed by atoms with Crippen molar-refractivity contribution in [1.82, 2.24) is 5.32 Å². The number of carbonyl (C=O) groups is 1. The Labute approximate surface area is 133 Å². The van der Waals surface area contributed by atoms with Crippen molar-refractivity contribution in [2.45, 2.75) is 58.4 Å². The number of anilines is 1. The van der Waals surface area contributed by atoms with Gasteiger partial charge >= 0.3 is 6.03 Å². The number of hydrogen-bond donors (Lipinski definition) is 2. The van der Waals surface area contributed by atoms with Crippen LogP contribution < -0.4 is 15.4 Å². The van der Waals surface area contributed by atoms with E-state index in [9.17, 15) is 4.79 Å². The first-order valence-corrected chi connectivity index (χ1v) is 8.44. The Bertz CT molecular complexity index is 468. The molecule has 0 spiro atoms. The number of carbonyl (C=O) groups excluding carboxylic acids is 1. The number of urea groups is 1. The van der Waals surface area contributed by atoms with Crippen LogP contribution in [-0.4, -0.2) is 18.7 Å². The normalized spacial score (nSPS) is 15.6. The fraction of sp³-hybridized carbons (Fsp3) is 0.611. The maximum atomic E-state index is 12.0. The monoisotopic (exact) mass is 304 g/mol. The number of amides is 2. The van der Waals surface area contributed by atoms with Gasteiger partial charge in [0.25, 0.3) is 0 Å². The van der Waals surface area contributed by atoms with Crippen molar-refractivity contribution in [1.29, 1.82) is 0 Å². The minimum Gasteiger partial charge on any atom is -0.494 e. The lowest BCUT2D eigenvalue weighted by atomic mass is 9.96. The zero-order chi connectivity index (χ0) is 15.8. The zero-order valence-electron chi connectivity index (χ0n) is 13.7. The predicted octanol–water partition coefficient (Wildman–Crippen LogP) is 4.57. The van der Waals surface area contributed by atoms with Crippen LogP contribution in [-0.2, 0) is 0 Å². The number of rotatable bonds is 6. The van der Waals surface area contributed by atoms with Crippen LogP contribution in [0.4, 0.5) is 10.5 Å². The molecule has 4 nitrogen and oxygen atoms in total. The van der Waals surface area contributed by atoms with E-state index in [1.807, 2.05) is 24.3 Å². The Morgan fingerprint density at radius 1 is 1.27 bits per heavy atom. The average molecular weight is 304 g/mol. The summed E-state index contributed by atoms with van der Waals surface area (Å²) in [7, 11) is 0. The molecular formula is C18H28N2O2. The number of nitrogens with one attached hydrogen (secondary N) is 2. The minimum atomic E-state index is -0.119. The molecule has 1 aliphatic carbocycles. The van der Waals surface area contributed by atoms with Crippen LogP contribution in [0.25, 0.3) is 0 Å². The maximum Gasteiger partial charge on any atom is 0.319 e. The lowest BCUT2D eigenvalue weighted by Gasteiger charge is -2.22. The molecule has 1 saturated carbocycles. The highest BCUT2D eigenvalue weighted by Gasteiger charge is 2.15. The smallest absolute Gasteiger partial charge is 0.319 e. The van der Waals surface area contributed by atoms with Crippen LogP contribution >= 0.6 is 0 Å². The third kappa shape index (κ3) is 5.96. The zero-order valence-corrected chi connectivity index (χ0v) is 13.7. The van der Waals surface area contributed by atoms with Crippen molar-refractivity contribution >= 4 is 11.7 Å². The third-order valence-electron chi connectivity index (χ3n) is 4.00. The molecule has 1 fully saturated rings. The van der Waals surface area contributed by atoms with Gasteiger partial charge in [0.05, 0.1) is 6.61 Å². The first-order chi connectivity index (χ1) is 10.6. The van der Waals surface area contributed by atoms with E-state index in [1.54, 1.807) is 0 Å². The Balaban J connectivity index is 1.80. The Morgan fingerprint density at radius 3 is 2.77 bits per heavy atom. The maximum absolute atomic E-state index is 12.0. The molecule has 0 aromatic heterocycles. The van der Waals surface area contributed by atoms with Gasteiger partial charge in [0.15, 0.2) is 0 Å². The van der Waals surface area contributed by atoms with Crippen LogP contribution in [0.5, 0.6) is 5.75 Å². The molecule has 0 atom stereocenters. The van der Waals surface area contributed by atoms with E-state index in [0.717, 1.165) is 30.7 Å². The van der Waals surface area contributed by atoms with Crippen molar-refractivity contribution in [2.24, 2.45) is 5.92 Å². The van der Waals surface area contributed by atoms with E-state index in [4.69, 9.17) is 4.74 Å². The molecule has 0 unspecified atom stereocenters. The second kappa shape index (κ2) is 8.66. The lowest BCUT2D eigenvalue weighted by Crippen LogP contribution is -2.38. The van der Waals surface area contributed by atoms with E-state index in [1.165, 1.54) is 19.3 Å². The van der Waals surface area contributed by atoms with Crippen molar-refractivity contribution < 1.29 is 9.53 Å². The van der Waals surface area contributed by atoms with E-state index in [0.29, 0.717) is 18.6 Å². The SMILES string of the molecule is CC(C)CCOc1cccc(NC(=O)NC2CCCCC2)c1. The fourth-order valence-corrected chi connectivity index (χ4v) is 2.68. The topological polar surface area (TPSA) is 50.4 Å². The van der Waals surface area contributed by atoms with Gasteiger partial charge in [-0.25, -0.2) is 4.79 Å². The molecule has 0 aliphatic heterocycles. The molecule has 2 amide bonds. The summed E-state index contributed by atoms with van der Waals surface area (Å²) in [5.41, 5.74) is 0.773. The van der Waals surface area contributed by atoms with Crippen LogP contribution in [0.1, 0.15) is 52.4 Å². The lowest BCUT2D eigenvalue weighted by molar-refractivity contribution is 0.244. The van der Waals surface area contributed by atoms with Gasteiger partial charge in [-0.15, -0.1) is 0 Å². The highest BCUT2D eigenvalue weighted by atomic mass is 16.5. The molecule has 122 valence electrons. The molecule has 2 N–H and O–H groups in total. The summed E-state index contributed by atoms with van der Waals surface area (Å²) < 4.78 is 5.72. The van der Waals surface area contributed by atoms with Crippen molar-refractivity contribution in [2.75, 3.05) is 11.9 Å². The van der Waals surface area contributed by atoms with Crippen molar-refractivity contribution in [3.05, 3.63) is 24.3 Å². The molecule has 1 aromatic rings. The molecule has 0 heterocycles. The molecule has 22 heavy (non-hydrogen) atoms. The van der Waals surface area contributed by atoms with Gasteiger partial charge in [-0.3, -0.25) is 0 Å². The van der Waals surface area contributed by atoms with Crippen LogP contribution in [0, 0.1) is 5.92 Å². The van der Waals surface area contributed by atoms with Gasteiger partial charge in [0.2, 0.25) is 0 Å².